The maximum absolute atomic E-state index is 12.7. The molecule has 0 radical (unpaired) electrons. The Morgan fingerprint density at radius 1 is 1.08 bits per heavy atom. The van der Waals surface area contributed by atoms with Gasteiger partial charge in [-0.3, -0.25) is 0 Å². The molecule has 5 nitrogen and oxygen atoms in total. The first-order valence-corrected chi connectivity index (χ1v) is 10.3. The van der Waals surface area contributed by atoms with Gasteiger partial charge in [-0.05, 0) is 43.5 Å². The molecule has 0 aromatic heterocycles. The zero-order valence-corrected chi connectivity index (χ0v) is 15.5. The Balaban J connectivity index is 2.03. The molecule has 1 aromatic rings. The fourth-order valence-corrected chi connectivity index (χ4v) is 4.44. The van der Waals surface area contributed by atoms with Crippen LogP contribution >= 0.6 is 0 Å². The summed E-state index contributed by atoms with van der Waals surface area (Å²) in [6.07, 6.45) is 7.71. The van der Waals surface area contributed by atoms with Crippen molar-refractivity contribution in [1.82, 2.24) is 4.72 Å². The van der Waals surface area contributed by atoms with Crippen LogP contribution < -0.4 is 9.46 Å². The van der Waals surface area contributed by atoms with E-state index in [1.165, 1.54) is 19.3 Å². The molecule has 1 aliphatic rings. The molecule has 24 heavy (non-hydrogen) atoms. The van der Waals surface area contributed by atoms with Gasteiger partial charge in [0.1, 0.15) is 12.4 Å². The van der Waals surface area contributed by atoms with Crippen molar-refractivity contribution in [2.45, 2.75) is 62.8 Å². The molecule has 0 amide bonds. The van der Waals surface area contributed by atoms with Crippen LogP contribution in [0.5, 0.6) is 5.75 Å². The van der Waals surface area contributed by atoms with Gasteiger partial charge in [0.2, 0.25) is 10.0 Å². The lowest BCUT2D eigenvalue weighted by molar-refractivity contribution is 0.146. The topological polar surface area (TPSA) is 64.6 Å². The number of nitrogens with one attached hydrogen (secondary N) is 1. The van der Waals surface area contributed by atoms with Crippen molar-refractivity contribution in [2.24, 2.45) is 0 Å². The number of aryl methyl sites for hydroxylation is 1. The van der Waals surface area contributed by atoms with Crippen molar-refractivity contribution >= 4 is 10.0 Å². The fraction of sp³-hybridized carbons (Fsp3) is 0.667. The molecule has 1 aliphatic carbocycles. The molecule has 0 aliphatic heterocycles. The molecule has 1 fully saturated rings. The number of sulfonamides is 1. The van der Waals surface area contributed by atoms with Crippen LogP contribution in [-0.4, -0.2) is 34.8 Å². The van der Waals surface area contributed by atoms with Crippen LogP contribution in [0.3, 0.4) is 0 Å². The van der Waals surface area contributed by atoms with Crippen molar-refractivity contribution < 1.29 is 17.9 Å². The lowest BCUT2D eigenvalue weighted by Crippen LogP contribution is -2.35. The van der Waals surface area contributed by atoms with Crippen LogP contribution in [0.1, 0.15) is 50.5 Å². The van der Waals surface area contributed by atoms with Gasteiger partial charge < -0.3 is 9.47 Å². The number of rotatable bonds is 7. The summed E-state index contributed by atoms with van der Waals surface area (Å²) in [6, 6.07) is 5.05. The van der Waals surface area contributed by atoms with Gasteiger partial charge >= 0.3 is 0 Å². The predicted molar refractivity (Wildman–Crippen MR) is 95.0 cm³/mol. The van der Waals surface area contributed by atoms with Crippen LogP contribution in [0, 0.1) is 6.92 Å². The van der Waals surface area contributed by atoms with Crippen LogP contribution in [0.2, 0.25) is 0 Å². The number of methoxy groups -OCH3 is 1. The van der Waals surface area contributed by atoms with Gasteiger partial charge in [0.25, 0.3) is 0 Å². The summed E-state index contributed by atoms with van der Waals surface area (Å²) in [5.41, 5.74) is 0.812. The van der Waals surface area contributed by atoms with Crippen molar-refractivity contribution in [1.29, 1.82) is 0 Å². The molecule has 136 valence electrons. The second-order valence-electron chi connectivity index (χ2n) is 6.43. The summed E-state index contributed by atoms with van der Waals surface area (Å²) in [7, 11) is -1.86. The van der Waals surface area contributed by atoms with Crippen LogP contribution in [0.15, 0.2) is 23.1 Å². The number of benzene rings is 1. The van der Waals surface area contributed by atoms with Crippen molar-refractivity contribution in [2.75, 3.05) is 20.3 Å². The molecule has 2 rings (SSSR count). The Bertz CT molecular complexity index is 607. The van der Waals surface area contributed by atoms with Gasteiger partial charge in [0.05, 0.1) is 11.5 Å². The summed E-state index contributed by atoms with van der Waals surface area (Å²) in [5.74, 6) is 0.692. The largest absolute Gasteiger partial charge is 0.491 e. The molecule has 6 heteroatoms. The minimum absolute atomic E-state index is 0.0493. The van der Waals surface area contributed by atoms with Gasteiger partial charge in [-0.25, -0.2) is 13.1 Å². The summed E-state index contributed by atoms with van der Waals surface area (Å²) in [4.78, 5) is 0.307. The molecule has 0 unspecified atom stereocenters. The number of ether oxygens (including phenoxy) is 2. The zero-order valence-electron chi connectivity index (χ0n) is 14.7. The molecule has 0 heterocycles. The van der Waals surface area contributed by atoms with E-state index in [9.17, 15) is 8.42 Å². The number of hydrogen-bond acceptors (Lipinski definition) is 4. The van der Waals surface area contributed by atoms with Crippen molar-refractivity contribution in [3.05, 3.63) is 23.8 Å². The first kappa shape index (κ1) is 19.2. The highest BCUT2D eigenvalue weighted by Crippen LogP contribution is 2.23. The minimum atomic E-state index is -3.48. The molecule has 1 aromatic carbocycles. The van der Waals surface area contributed by atoms with Crippen molar-refractivity contribution in [3.63, 3.8) is 0 Å². The second-order valence-corrected chi connectivity index (χ2v) is 8.15. The van der Waals surface area contributed by atoms with Gasteiger partial charge in [-0.15, -0.1) is 0 Å². The van der Waals surface area contributed by atoms with E-state index in [0.29, 0.717) is 23.9 Å². The third-order valence-electron chi connectivity index (χ3n) is 4.43. The second kappa shape index (κ2) is 9.39. The Hall–Kier alpha value is -1.11. The lowest BCUT2D eigenvalue weighted by atomic mass is 9.97. The van der Waals surface area contributed by atoms with Gasteiger partial charge in [-0.1, -0.05) is 32.1 Å². The van der Waals surface area contributed by atoms with Gasteiger partial charge in [-0.2, -0.15) is 0 Å². The molecule has 1 saturated carbocycles. The van der Waals surface area contributed by atoms with E-state index in [0.717, 1.165) is 31.2 Å². The molecule has 0 atom stereocenters. The third kappa shape index (κ3) is 5.76. The summed E-state index contributed by atoms with van der Waals surface area (Å²) < 4.78 is 38.7. The smallest absolute Gasteiger partial charge is 0.240 e. The van der Waals surface area contributed by atoms with Gasteiger partial charge in [0, 0.05) is 13.2 Å². The van der Waals surface area contributed by atoms with Crippen LogP contribution in [0.4, 0.5) is 0 Å². The average molecular weight is 356 g/mol. The Morgan fingerprint density at radius 2 is 1.75 bits per heavy atom. The highest BCUT2D eigenvalue weighted by atomic mass is 32.2. The highest BCUT2D eigenvalue weighted by Gasteiger charge is 2.21. The first-order chi connectivity index (χ1) is 11.5. The molecule has 0 saturated heterocycles. The van der Waals surface area contributed by atoms with E-state index in [2.05, 4.69) is 4.72 Å². The normalized spacial score (nSPS) is 17.2. The Kier molecular flexibility index (Phi) is 7.52. The SMILES string of the molecule is COCCOc1ccc(S(=O)(=O)NC2CCCCCCC2)cc1C. The summed E-state index contributed by atoms with van der Waals surface area (Å²) in [6.45, 7) is 2.81. The Morgan fingerprint density at radius 3 is 2.38 bits per heavy atom. The molecule has 0 spiro atoms. The predicted octanol–water partition coefficient (Wildman–Crippen LogP) is 3.41. The maximum atomic E-state index is 12.7. The van der Waals surface area contributed by atoms with E-state index < -0.39 is 10.0 Å². The number of hydrogen-bond donors (Lipinski definition) is 1. The quantitative estimate of drug-likeness (QED) is 0.761. The standard InChI is InChI=1S/C18H29NO4S/c1-15-14-17(10-11-18(15)23-13-12-22-2)24(20,21)19-16-8-6-4-3-5-7-9-16/h10-11,14,16,19H,3-9,12-13H2,1-2H3. The van der Waals surface area contributed by atoms with Crippen LogP contribution in [0.25, 0.3) is 0 Å². The molecule has 1 N–H and O–H groups in total. The molecule has 0 bridgehead atoms. The Labute approximate surface area is 145 Å². The maximum Gasteiger partial charge on any atom is 0.240 e. The molecular formula is C18H29NO4S. The van der Waals surface area contributed by atoms with E-state index in [1.807, 2.05) is 6.92 Å². The lowest BCUT2D eigenvalue weighted by Gasteiger charge is -2.21. The van der Waals surface area contributed by atoms with Crippen LogP contribution in [-0.2, 0) is 14.8 Å². The monoisotopic (exact) mass is 355 g/mol. The highest BCUT2D eigenvalue weighted by molar-refractivity contribution is 7.89. The minimum Gasteiger partial charge on any atom is -0.491 e. The average Bonchev–Trinajstić information content (AvgIpc) is 2.51. The third-order valence-corrected chi connectivity index (χ3v) is 5.95. The zero-order chi connectivity index (χ0) is 17.4. The van der Waals surface area contributed by atoms with Crippen molar-refractivity contribution in [3.8, 4) is 5.75 Å². The van der Waals surface area contributed by atoms with E-state index in [4.69, 9.17) is 9.47 Å². The fourth-order valence-electron chi connectivity index (χ4n) is 3.05. The van der Waals surface area contributed by atoms with Gasteiger partial charge in [0.15, 0.2) is 0 Å². The van der Waals surface area contributed by atoms with E-state index in [1.54, 1.807) is 25.3 Å². The van der Waals surface area contributed by atoms with E-state index >= 15 is 0 Å². The molecular weight excluding hydrogens is 326 g/mol. The summed E-state index contributed by atoms with van der Waals surface area (Å²) >= 11 is 0. The summed E-state index contributed by atoms with van der Waals surface area (Å²) in [5, 5.41) is 0. The first-order valence-electron chi connectivity index (χ1n) is 8.77. The van der Waals surface area contributed by atoms with E-state index in [-0.39, 0.29) is 6.04 Å².